The number of methoxy groups -OCH3 is 1. The summed E-state index contributed by atoms with van der Waals surface area (Å²) in [6.07, 6.45) is -4.39. The van der Waals surface area contributed by atoms with E-state index in [4.69, 9.17) is 9.47 Å². The molecule has 6 nitrogen and oxygen atoms in total. The molecule has 0 radical (unpaired) electrons. The predicted octanol–water partition coefficient (Wildman–Crippen LogP) is 3.20. The summed E-state index contributed by atoms with van der Waals surface area (Å²) < 4.78 is 47.5. The molecule has 2 rings (SSSR count). The van der Waals surface area contributed by atoms with Gasteiger partial charge >= 0.3 is 6.18 Å². The maximum Gasteiger partial charge on any atom is 0.422 e. The van der Waals surface area contributed by atoms with Crippen LogP contribution in [0.1, 0.15) is 16.8 Å². The third-order valence-electron chi connectivity index (χ3n) is 3.71. The molecule has 0 amide bonds. The zero-order chi connectivity index (χ0) is 20.6. The number of benzene rings is 1. The van der Waals surface area contributed by atoms with Crippen molar-refractivity contribution < 1.29 is 22.6 Å². The van der Waals surface area contributed by atoms with Crippen molar-refractivity contribution in [1.29, 1.82) is 0 Å². The molecule has 0 aliphatic rings. The molecule has 0 spiro atoms. The number of halogens is 3. The lowest BCUT2D eigenvalue weighted by molar-refractivity contribution is -0.153. The van der Waals surface area contributed by atoms with E-state index in [1.54, 1.807) is 39.3 Å². The van der Waals surface area contributed by atoms with Crippen LogP contribution in [0, 0.1) is 6.92 Å². The standard InChI is InChI=1S/C19H23F3N4O2/c1-13-7-8-14(16(9-13)28-12-19(20,21)22)10-24-18(23-2)25-11-15-5-4-6-17(26-15)27-3/h4-9H,10-12H2,1-3H3,(H2,23,24,25). The number of aliphatic imine (C=N–C) groups is 1. The third kappa shape index (κ3) is 6.98. The first-order valence-electron chi connectivity index (χ1n) is 8.54. The summed E-state index contributed by atoms with van der Waals surface area (Å²) in [5.41, 5.74) is 2.16. The van der Waals surface area contributed by atoms with Crippen molar-refractivity contribution in [2.24, 2.45) is 4.99 Å². The summed E-state index contributed by atoms with van der Waals surface area (Å²) in [6.45, 7) is 1.11. The SMILES string of the molecule is CN=C(NCc1cccc(OC)n1)NCc1ccc(C)cc1OCC(F)(F)F. The Hall–Kier alpha value is -2.97. The zero-order valence-electron chi connectivity index (χ0n) is 15.9. The number of alkyl halides is 3. The molecule has 0 unspecified atom stereocenters. The summed E-state index contributed by atoms with van der Waals surface area (Å²) in [5, 5.41) is 6.15. The first-order chi connectivity index (χ1) is 13.3. The molecule has 1 aromatic heterocycles. The van der Waals surface area contributed by atoms with Gasteiger partial charge < -0.3 is 20.1 Å². The summed E-state index contributed by atoms with van der Waals surface area (Å²) in [6, 6.07) is 10.5. The van der Waals surface area contributed by atoms with Crippen molar-refractivity contribution in [2.45, 2.75) is 26.2 Å². The first-order valence-corrected chi connectivity index (χ1v) is 8.54. The van der Waals surface area contributed by atoms with Gasteiger partial charge in [0.25, 0.3) is 0 Å². The highest BCUT2D eigenvalue weighted by molar-refractivity contribution is 5.79. The smallest absolute Gasteiger partial charge is 0.422 e. The van der Waals surface area contributed by atoms with Crippen LogP contribution in [-0.2, 0) is 13.1 Å². The van der Waals surface area contributed by atoms with Crippen LogP contribution in [0.15, 0.2) is 41.4 Å². The Morgan fingerprint density at radius 3 is 2.57 bits per heavy atom. The number of aryl methyl sites for hydroxylation is 1. The highest BCUT2D eigenvalue weighted by Gasteiger charge is 2.28. The average molecular weight is 396 g/mol. The molecule has 0 saturated heterocycles. The van der Waals surface area contributed by atoms with E-state index in [1.807, 2.05) is 18.2 Å². The number of rotatable bonds is 7. The van der Waals surface area contributed by atoms with Crippen molar-refractivity contribution >= 4 is 5.96 Å². The molecule has 1 heterocycles. The van der Waals surface area contributed by atoms with Crippen molar-refractivity contribution in [3.05, 3.63) is 53.2 Å². The van der Waals surface area contributed by atoms with Crippen LogP contribution in [0.2, 0.25) is 0 Å². The number of aromatic nitrogens is 1. The van der Waals surface area contributed by atoms with Crippen LogP contribution in [0.25, 0.3) is 0 Å². The van der Waals surface area contributed by atoms with Crippen molar-refractivity contribution in [1.82, 2.24) is 15.6 Å². The molecule has 0 aliphatic carbocycles. The fourth-order valence-electron chi connectivity index (χ4n) is 2.35. The molecule has 0 saturated carbocycles. The number of ether oxygens (including phenoxy) is 2. The maximum atomic E-state index is 12.5. The third-order valence-corrected chi connectivity index (χ3v) is 3.71. The number of nitrogens with one attached hydrogen (secondary N) is 2. The van der Waals surface area contributed by atoms with Gasteiger partial charge in [0, 0.05) is 25.2 Å². The molecule has 1 aromatic carbocycles. The topological polar surface area (TPSA) is 67.8 Å². The Kier molecular flexibility index (Phi) is 7.48. The minimum absolute atomic E-state index is 0.190. The van der Waals surface area contributed by atoms with Gasteiger partial charge in [-0.15, -0.1) is 0 Å². The van der Waals surface area contributed by atoms with Crippen molar-refractivity contribution in [3.8, 4) is 11.6 Å². The Morgan fingerprint density at radius 1 is 1.14 bits per heavy atom. The summed E-state index contributed by atoms with van der Waals surface area (Å²) >= 11 is 0. The minimum Gasteiger partial charge on any atom is -0.484 e. The van der Waals surface area contributed by atoms with Crippen LogP contribution in [0.5, 0.6) is 11.6 Å². The van der Waals surface area contributed by atoms with Gasteiger partial charge in [0.15, 0.2) is 12.6 Å². The fourth-order valence-corrected chi connectivity index (χ4v) is 2.35. The van der Waals surface area contributed by atoms with Gasteiger partial charge in [0.05, 0.1) is 19.3 Å². The number of pyridine rings is 1. The highest BCUT2D eigenvalue weighted by Crippen LogP contribution is 2.23. The molecule has 0 aliphatic heterocycles. The van der Waals surface area contributed by atoms with Crippen molar-refractivity contribution in [2.75, 3.05) is 20.8 Å². The van der Waals surface area contributed by atoms with Crippen LogP contribution in [0.4, 0.5) is 13.2 Å². The summed E-state index contributed by atoms with van der Waals surface area (Å²) in [5.74, 6) is 1.18. The molecule has 0 fully saturated rings. The molecule has 2 aromatic rings. The van der Waals surface area contributed by atoms with Crippen LogP contribution in [0.3, 0.4) is 0 Å². The Morgan fingerprint density at radius 2 is 1.89 bits per heavy atom. The molecule has 2 N–H and O–H groups in total. The largest absolute Gasteiger partial charge is 0.484 e. The van der Waals surface area contributed by atoms with Crippen molar-refractivity contribution in [3.63, 3.8) is 0 Å². The number of guanidine groups is 1. The van der Waals surface area contributed by atoms with E-state index in [2.05, 4.69) is 20.6 Å². The Labute approximate surface area is 161 Å². The second-order valence-electron chi connectivity index (χ2n) is 5.97. The fraction of sp³-hybridized carbons (Fsp3) is 0.368. The molecule has 28 heavy (non-hydrogen) atoms. The molecule has 9 heteroatoms. The normalized spacial score (nSPS) is 11.9. The number of hydrogen-bond acceptors (Lipinski definition) is 4. The number of nitrogens with zero attached hydrogens (tertiary/aromatic N) is 2. The monoisotopic (exact) mass is 396 g/mol. The molecular formula is C19H23F3N4O2. The van der Waals surface area contributed by atoms with Gasteiger partial charge in [-0.2, -0.15) is 13.2 Å². The Balaban J connectivity index is 1.97. The van der Waals surface area contributed by atoms with Crippen LogP contribution >= 0.6 is 0 Å². The minimum atomic E-state index is -4.39. The van der Waals surface area contributed by atoms with E-state index in [0.29, 0.717) is 23.9 Å². The van der Waals surface area contributed by atoms with Gasteiger partial charge in [0.1, 0.15) is 5.75 Å². The lowest BCUT2D eigenvalue weighted by atomic mass is 10.1. The van der Waals surface area contributed by atoms with Gasteiger partial charge in [-0.3, -0.25) is 4.99 Å². The van der Waals surface area contributed by atoms with Crippen LogP contribution < -0.4 is 20.1 Å². The quantitative estimate of drug-likeness (QED) is 0.556. The van der Waals surface area contributed by atoms with Gasteiger partial charge in [-0.1, -0.05) is 18.2 Å². The molecule has 152 valence electrons. The van der Waals surface area contributed by atoms with E-state index in [0.717, 1.165) is 11.3 Å². The molecule has 0 atom stereocenters. The average Bonchev–Trinajstić information content (AvgIpc) is 2.67. The maximum absolute atomic E-state index is 12.5. The molecule has 0 bridgehead atoms. The summed E-state index contributed by atoms with van der Waals surface area (Å²) in [4.78, 5) is 8.40. The van der Waals surface area contributed by atoms with Gasteiger partial charge in [-0.25, -0.2) is 4.98 Å². The van der Waals surface area contributed by atoms with E-state index < -0.39 is 12.8 Å². The van der Waals surface area contributed by atoms with E-state index >= 15 is 0 Å². The Bertz CT molecular complexity index is 810. The lowest BCUT2D eigenvalue weighted by Crippen LogP contribution is -2.36. The van der Waals surface area contributed by atoms with Crippen LogP contribution in [-0.4, -0.2) is 37.9 Å². The second kappa shape index (κ2) is 9.82. The lowest BCUT2D eigenvalue weighted by Gasteiger charge is -2.16. The zero-order valence-corrected chi connectivity index (χ0v) is 15.9. The first kappa shape index (κ1) is 21.3. The predicted molar refractivity (Wildman–Crippen MR) is 101 cm³/mol. The van der Waals surface area contributed by atoms with E-state index in [1.165, 1.54) is 0 Å². The van der Waals surface area contributed by atoms with Gasteiger partial charge in [-0.05, 0) is 24.6 Å². The second-order valence-corrected chi connectivity index (χ2v) is 5.97. The molecular weight excluding hydrogens is 373 g/mol. The highest BCUT2D eigenvalue weighted by atomic mass is 19.4. The van der Waals surface area contributed by atoms with E-state index in [-0.39, 0.29) is 12.3 Å². The summed E-state index contributed by atoms with van der Waals surface area (Å²) in [7, 11) is 3.14. The van der Waals surface area contributed by atoms with Gasteiger partial charge in [0.2, 0.25) is 5.88 Å². The van der Waals surface area contributed by atoms with E-state index in [9.17, 15) is 13.2 Å². The number of hydrogen-bond donors (Lipinski definition) is 2.